The maximum atomic E-state index is 12.6. The fraction of sp³-hybridized carbons (Fsp3) is 0.478. The topological polar surface area (TPSA) is 63.7 Å². The first-order chi connectivity index (χ1) is 14.1. The van der Waals surface area contributed by atoms with Crippen LogP contribution in [-0.4, -0.2) is 48.1 Å². The van der Waals surface area contributed by atoms with Crippen molar-refractivity contribution in [3.8, 4) is 11.5 Å². The summed E-state index contributed by atoms with van der Waals surface area (Å²) >= 11 is 0. The first-order valence-corrected chi connectivity index (χ1v) is 10.4. The summed E-state index contributed by atoms with van der Waals surface area (Å²) in [7, 11) is 1.63. The molecule has 0 unspecified atom stereocenters. The zero-order chi connectivity index (χ0) is 20.2. The molecule has 2 heterocycles. The minimum atomic E-state index is -0.0619. The third kappa shape index (κ3) is 5.26. The summed E-state index contributed by atoms with van der Waals surface area (Å²) in [5.41, 5.74) is 2.75. The lowest BCUT2D eigenvalue weighted by Gasteiger charge is -2.32. The van der Waals surface area contributed by atoms with Gasteiger partial charge in [-0.25, -0.2) is 0 Å². The molecule has 1 aromatic carbocycles. The van der Waals surface area contributed by atoms with Gasteiger partial charge in [-0.2, -0.15) is 0 Å². The molecule has 29 heavy (non-hydrogen) atoms. The summed E-state index contributed by atoms with van der Waals surface area (Å²) in [6.07, 6.45) is 4.06. The van der Waals surface area contributed by atoms with Gasteiger partial charge in [-0.3, -0.25) is 14.7 Å². The lowest BCUT2D eigenvalue weighted by molar-refractivity contribution is 0.0886. The number of nitrogens with zero attached hydrogens (tertiary/aromatic N) is 2. The van der Waals surface area contributed by atoms with Gasteiger partial charge in [0.1, 0.15) is 17.6 Å². The minimum absolute atomic E-state index is 0.0619. The van der Waals surface area contributed by atoms with Crippen molar-refractivity contribution >= 4 is 5.91 Å². The zero-order valence-electron chi connectivity index (χ0n) is 17.2. The number of aryl methyl sites for hydroxylation is 1. The molecule has 2 aromatic rings. The number of nitrogens with one attached hydrogen (secondary N) is 1. The summed E-state index contributed by atoms with van der Waals surface area (Å²) in [4.78, 5) is 19.6. The summed E-state index contributed by atoms with van der Waals surface area (Å²) in [5.74, 6) is 1.25. The van der Waals surface area contributed by atoms with Gasteiger partial charge >= 0.3 is 0 Å². The number of pyridine rings is 1. The van der Waals surface area contributed by atoms with Crippen LogP contribution in [-0.2, 0) is 6.54 Å². The van der Waals surface area contributed by atoms with E-state index >= 15 is 0 Å². The molecule has 1 amide bonds. The molecule has 1 aromatic heterocycles. The van der Waals surface area contributed by atoms with E-state index in [0.29, 0.717) is 23.1 Å². The van der Waals surface area contributed by atoms with E-state index in [1.54, 1.807) is 13.2 Å². The first-order valence-electron chi connectivity index (χ1n) is 10.4. The summed E-state index contributed by atoms with van der Waals surface area (Å²) in [6, 6.07) is 11.9. The third-order valence-corrected chi connectivity index (χ3v) is 5.51. The van der Waals surface area contributed by atoms with Gasteiger partial charge in [0, 0.05) is 37.4 Å². The number of benzene rings is 1. The summed E-state index contributed by atoms with van der Waals surface area (Å²) < 4.78 is 11.6. The smallest absolute Gasteiger partial charge is 0.255 e. The number of methoxy groups -OCH3 is 1. The zero-order valence-corrected chi connectivity index (χ0v) is 17.2. The van der Waals surface area contributed by atoms with E-state index in [-0.39, 0.29) is 12.0 Å². The van der Waals surface area contributed by atoms with Gasteiger partial charge in [-0.1, -0.05) is 6.07 Å². The van der Waals surface area contributed by atoms with Crippen molar-refractivity contribution in [3.05, 3.63) is 53.3 Å². The molecule has 0 radical (unpaired) electrons. The Labute approximate surface area is 172 Å². The van der Waals surface area contributed by atoms with Crippen molar-refractivity contribution in [1.82, 2.24) is 15.2 Å². The number of rotatable bonds is 7. The molecule has 0 bridgehead atoms. The van der Waals surface area contributed by atoms with Crippen LogP contribution in [0.15, 0.2) is 36.4 Å². The van der Waals surface area contributed by atoms with Crippen molar-refractivity contribution in [2.24, 2.45) is 0 Å². The Hall–Kier alpha value is -2.60. The van der Waals surface area contributed by atoms with Crippen LogP contribution in [0.25, 0.3) is 0 Å². The van der Waals surface area contributed by atoms with Gasteiger partial charge in [0.15, 0.2) is 0 Å². The number of piperidine rings is 1. The minimum Gasteiger partial charge on any atom is -0.497 e. The molecule has 4 rings (SSSR count). The van der Waals surface area contributed by atoms with Gasteiger partial charge in [-0.15, -0.1) is 0 Å². The molecule has 6 nitrogen and oxygen atoms in total. The van der Waals surface area contributed by atoms with Crippen LogP contribution in [0.3, 0.4) is 0 Å². The number of hydrogen-bond donors (Lipinski definition) is 1. The Morgan fingerprint density at radius 3 is 2.66 bits per heavy atom. The molecule has 0 spiro atoms. The highest BCUT2D eigenvalue weighted by molar-refractivity contribution is 5.97. The van der Waals surface area contributed by atoms with E-state index in [1.807, 2.05) is 25.1 Å². The van der Waals surface area contributed by atoms with E-state index in [0.717, 1.165) is 56.7 Å². The van der Waals surface area contributed by atoms with E-state index in [2.05, 4.69) is 27.3 Å². The van der Waals surface area contributed by atoms with Gasteiger partial charge in [0.2, 0.25) is 0 Å². The number of ether oxygens (including phenoxy) is 2. The number of carbonyl (C=O) groups excluding carboxylic acids is 1. The predicted molar refractivity (Wildman–Crippen MR) is 111 cm³/mol. The molecule has 2 fully saturated rings. The molecular formula is C23H29N3O3. The number of aromatic nitrogens is 1. The number of hydrogen-bond acceptors (Lipinski definition) is 5. The van der Waals surface area contributed by atoms with Crippen molar-refractivity contribution in [2.45, 2.75) is 51.3 Å². The fourth-order valence-corrected chi connectivity index (χ4v) is 3.69. The average molecular weight is 396 g/mol. The van der Waals surface area contributed by atoms with Crippen molar-refractivity contribution in [2.75, 3.05) is 20.2 Å². The van der Waals surface area contributed by atoms with Gasteiger partial charge in [0.25, 0.3) is 5.91 Å². The number of likely N-dealkylation sites (tertiary alicyclic amines) is 1. The molecule has 2 aliphatic rings. The fourth-order valence-electron chi connectivity index (χ4n) is 3.69. The predicted octanol–water partition coefficient (Wildman–Crippen LogP) is 3.33. The highest BCUT2D eigenvalue weighted by Gasteiger charge is 2.27. The molecule has 6 heteroatoms. The normalized spacial score (nSPS) is 17.7. The number of carbonyl (C=O) groups is 1. The monoisotopic (exact) mass is 395 g/mol. The van der Waals surface area contributed by atoms with Crippen LogP contribution in [0.1, 0.15) is 47.4 Å². The lowest BCUT2D eigenvalue weighted by atomic mass is 10.1. The largest absolute Gasteiger partial charge is 0.497 e. The average Bonchev–Trinajstić information content (AvgIpc) is 3.53. The molecule has 1 saturated heterocycles. The van der Waals surface area contributed by atoms with Crippen LogP contribution in [0.5, 0.6) is 11.5 Å². The Morgan fingerprint density at radius 1 is 1.17 bits per heavy atom. The molecular weight excluding hydrogens is 366 g/mol. The second-order valence-electron chi connectivity index (χ2n) is 7.97. The van der Waals surface area contributed by atoms with Crippen molar-refractivity contribution in [3.63, 3.8) is 0 Å². The quantitative estimate of drug-likeness (QED) is 0.779. The maximum absolute atomic E-state index is 12.6. The van der Waals surface area contributed by atoms with Crippen LogP contribution in [0.4, 0.5) is 0 Å². The van der Waals surface area contributed by atoms with Gasteiger partial charge < -0.3 is 14.8 Å². The molecule has 1 aliphatic heterocycles. The highest BCUT2D eigenvalue weighted by Crippen LogP contribution is 2.29. The second kappa shape index (κ2) is 8.82. The first kappa shape index (κ1) is 19.7. The van der Waals surface area contributed by atoms with Crippen LogP contribution in [0.2, 0.25) is 0 Å². The lowest BCUT2D eigenvalue weighted by Crippen LogP contribution is -2.38. The third-order valence-electron chi connectivity index (χ3n) is 5.51. The van der Waals surface area contributed by atoms with E-state index in [9.17, 15) is 4.79 Å². The summed E-state index contributed by atoms with van der Waals surface area (Å²) in [6.45, 7) is 4.79. The van der Waals surface area contributed by atoms with E-state index in [4.69, 9.17) is 9.47 Å². The Kier molecular flexibility index (Phi) is 6.00. The van der Waals surface area contributed by atoms with Crippen LogP contribution in [0, 0.1) is 6.92 Å². The van der Waals surface area contributed by atoms with E-state index in [1.165, 1.54) is 0 Å². The Balaban J connectivity index is 1.37. The van der Waals surface area contributed by atoms with Crippen LogP contribution >= 0.6 is 0 Å². The SMILES string of the molecule is COc1ccc(C(=O)NC2CC2)c(OC2CCN(Cc3cccc(C)n3)CC2)c1. The van der Waals surface area contributed by atoms with E-state index < -0.39 is 0 Å². The highest BCUT2D eigenvalue weighted by atomic mass is 16.5. The molecule has 154 valence electrons. The van der Waals surface area contributed by atoms with Crippen molar-refractivity contribution < 1.29 is 14.3 Å². The van der Waals surface area contributed by atoms with Gasteiger partial charge in [0.05, 0.1) is 18.4 Å². The molecule has 1 N–H and O–H groups in total. The Bertz CT molecular complexity index is 858. The molecule has 0 atom stereocenters. The standard InChI is InChI=1S/C23H29N3O3/c1-16-4-3-5-18(24-16)15-26-12-10-19(11-13-26)29-22-14-20(28-2)8-9-21(22)23(27)25-17-6-7-17/h3-5,8-9,14,17,19H,6-7,10-13,15H2,1-2H3,(H,25,27). The molecule has 1 saturated carbocycles. The second-order valence-corrected chi connectivity index (χ2v) is 7.97. The Morgan fingerprint density at radius 2 is 1.97 bits per heavy atom. The van der Waals surface area contributed by atoms with Crippen LogP contribution < -0.4 is 14.8 Å². The summed E-state index contributed by atoms with van der Waals surface area (Å²) in [5, 5.41) is 3.05. The maximum Gasteiger partial charge on any atom is 0.255 e. The molecule has 1 aliphatic carbocycles. The number of amides is 1. The van der Waals surface area contributed by atoms with Gasteiger partial charge in [-0.05, 0) is 56.9 Å². The van der Waals surface area contributed by atoms with Crippen molar-refractivity contribution in [1.29, 1.82) is 0 Å².